The number of aryl methyl sites for hydroxylation is 2. The lowest BCUT2D eigenvalue weighted by atomic mass is 10.1. The molecule has 25 heavy (non-hydrogen) atoms. The summed E-state index contributed by atoms with van der Waals surface area (Å²) in [5.74, 6) is 0.857. The number of piperazine rings is 1. The number of amides is 2. The molecule has 2 aliphatic rings. The van der Waals surface area contributed by atoms with Crippen molar-refractivity contribution in [3.8, 4) is 0 Å². The quantitative estimate of drug-likeness (QED) is 0.805. The highest BCUT2D eigenvalue weighted by Gasteiger charge is 2.37. The van der Waals surface area contributed by atoms with E-state index in [0.717, 1.165) is 50.7 Å². The average molecular weight is 347 g/mol. The van der Waals surface area contributed by atoms with Crippen LogP contribution in [0.15, 0.2) is 6.07 Å². The first kappa shape index (κ1) is 17.9. The van der Waals surface area contributed by atoms with Crippen molar-refractivity contribution in [1.82, 2.24) is 19.6 Å². The van der Waals surface area contributed by atoms with Gasteiger partial charge in [-0.25, -0.2) is 4.68 Å². The van der Waals surface area contributed by atoms with Gasteiger partial charge in [0.25, 0.3) is 0 Å². The number of fused-ring (bicyclic) bond motifs is 1. The van der Waals surface area contributed by atoms with E-state index in [2.05, 4.69) is 16.9 Å². The number of hydrogen-bond acceptors (Lipinski definition) is 4. The number of nitrogens with zero attached hydrogens (tertiary/aromatic N) is 5. The van der Waals surface area contributed by atoms with E-state index in [9.17, 15) is 9.59 Å². The zero-order chi connectivity index (χ0) is 18.0. The molecule has 0 saturated carbocycles. The van der Waals surface area contributed by atoms with Gasteiger partial charge in [-0.15, -0.1) is 0 Å². The van der Waals surface area contributed by atoms with E-state index in [0.29, 0.717) is 19.4 Å². The second kappa shape index (κ2) is 7.56. The van der Waals surface area contributed by atoms with E-state index in [1.165, 1.54) is 0 Å². The zero-order valence-electron chi connectivity index (χ0n) is 15.6. The Morgan fingerprint density at radius 1 is 1.20 bits per heavy atom. The van der Waals surface area contributed by atoms with E-state index < -0.39 is 6.04 Å². The number of hydrogen-bond donors (Lipinski definition) is 0. The summed E-state index contributed by atoms with van der Waals surface area (Å²) in [6, 6.07) is 1.48. The molecule has 3 rings (SSSR count). The summed E-state index contributed by atoms with van der Waals surface area (Å²) in [6.07, 6.45) is 2.16. The van der Waals surface area contributed by atoms with Crippen LogP contribution in [0.25, 0.3) is 0 Å². The van der Waals surface area contributed by atoms with Gasteiger partial charge < -0.3 is 4.90 Å². The van der Waals surface area contributed by atoms with Gasteiger partial charge >= 0.3 is 0 Å². The Balaban J connectivity index is 1.76. The number of rotatable bonds is 5. The van der Waals surface area contributed by atoms with Crippen LogP contribution in [0.2, 0.25) is 0 Å². The van der Waals surface area contributed by atoms with Gasteiger partial charge in [-0.05, 0) is 26.3 Å². The highest BCUT2D eigenvalue weighted by molar-refractivity contribution is 6.01. The van der Waals surface area contributed by atoms with Crippen molar-refractivity contribution in [2.75, 3.05) is 37.6 Å². The number of carbonyl (C=O) groups excluding carboxylic acids is 2. The van der Waals surface area contributed by atoms with Crippen LogP contribution in [0, 0.1) is 6.92 Å². The summed E-state index contributed by atoms with van der Waals surface area (Å²) >= 11 is 0. The molecule has 2 aliphatic heterocycles. The van der Waals surface area contributed by atoms with E-state index in [-0.39, 0.29) is 11.8 Å². The Kier molecular flexibility index (Phi) is 5.42. The highest BCUT2D eigenvalue weighted by atomic mass is 16.2. The number of aromatic nitrogens is 2. The molecule has 3 heterocycles. The molecule has 0 radical (unpaired) electrons. The van der Waals surface area contributed by atoms with Crippen LogP contribution >= 0.6 is 0 Å². The van der Waals surface area contributed by atoms with Crippen LogP contribution in [0.5, 0.6) is 0 Å². The molecule has 0 bridgehead atoms. The van der Waals surface area contributed by atoms with Crippen molar-refractivity contribution in [2.45, 2.75) is 52.6 Å². The molecule has 1 aromatic rings. The van der Waals surface area contributed by atoms with E-state index in [1.54, 1.807) is 4.90 Å². The van der Waals surface area contributed by atoms with Gasteiger partial charge in [0, 0.05) is 38.7 Å². The highest BCUT2D eigenvalue weighted by Crippen LogP contribution is 2.27. The minimum atomic E-state index is -0.430. The van der Waals surface area contributed by atoms with Crippen molar-refractivity contribution in [1.29, 1.82) is 0 Å². The Hall–Kier alpha value is -1.89. The molecule has 138 valence electrons. The topological polar surface area (TPSA) is 61.7 Å². The van der Waals surface area contributed by atoms with E-state index in [1.807, 2.05) is 29.5 Å². The van der Waals surface area contributed by atoms with Crippen molar-refractivity contribution in [3.05, 3.63) is 11.8 Å². The van der Waals surface area contributed by atoms with Gasteiger partial charge in [-0.2, -0.15) is 5.10 Å². The lowest BCUT2D eigenvalue weighted by Crippen LogP contribution is -2.57. The fourth-order valence-electron chi connectivity index (χ4n) is 3.86. The number of carbonyl (C=O) groups is 2. The van der Waals surface area contributed by atoms with E-state index >= 15 is 0 Å². The van der Waals surface area contributed by atoms with Crippen molar-refractivity contribution in [3.63, 3.8) is 0 Å². The Labute approximate surface area is 149 Å². The summed E-state index contributed by atoms with van der Waals surface area (Å²) < 4.78 is 1.85. The fraction of sp³-hybridized carbons (Fsp3) is 0.722. The summed E-state index contributed by atoms with van der Waals surface area (Å²) in [4.78, 5) is 31.7. The molecule has 2 amide bonds. The third-order valence-corrected chi connectivity index (χ3v) is 5.14. The first-order valence-corrected chi connectivity index (χ1v) is 9.42. The maximum Gasteiger partial charge on any atom is 0.245 e. The maximum atomic E-state index is 13.1. The molecular formula is C18H29N5O2. The molecule has 1 atom stereocenters. The van der Waals surface area contributed by atoms with Gasteiger partial charge in [0.15, 0.2) is 0 Å². The van der Waals surface area contributed by atoms with Crippen LogP contribution in [-0.2, 0) is 16.1 Å². The summed E-state index contributed by atoms with van der Waals surface area (Å²) in [6.45, 7) is 11.1. The van der Waals surface area contributed by atoms with Crippen LogP contribution in [0.3, 0.4) is 0 Å². The van der Waals surface area contributed by atoms with Crippen LogP contribution in [0.1, 0.15) is 38.8 Å². The largest absolute Gasteiger partial charge is 0.338 e. The van der Waals surface area contributed by atoms with Crippen LogP contribution < -0.4 is 4.90 Å². The van der Waals surface area contributed by atoms with Gasteiger partial charge in [0.1, 0.15) is 11.9 Å². The SMILES string of the molecule is CCCN1CCN(C(=O)[C@@H](CC)N2C(=O)CCn3nc(C)cc32)CC1. The number of anilines is 1. The normalized spacial score (nSPS) is 19.9. The Bertz CT molecular complexity index is 633. The maximum absolute atomic E-state index is 13.1. The molecule has 1 fully saturated rings. The van der Waals surface area contributed by atoms with Crippen molar-refractivity contribution < 1.29 is 9.59 Å². The first-order valence-electron chi connectivity index (χ1n) is 9.42. The van der Waals surface area contributed by atoms with Crippen LogP contribution in [-0.4, -0.2) is 70.2 Å². The monoisotopic (exact) mass is 347 g/mol. The molecule has 1 aromatic heterocycles. The molecule has 1 saturated heterocycles. The van der Waals surface area contributed by atoms with Gasteiger partial charge in [0.2, 0.25) is 11.8 Å². The second-order valence-corrected chi connectivity index (χ2v) is 6.97. The third-order valence-electron chi connectivity index (χ3n) is 5.14. The second-order valence-electron chi connectivity index (χ2n) is 6.97. The molecule has 7 heteroatoms. The molecule has 0 aliphatic carbocycles. The first-order chi connectivity index (χ1) is 12.0. The zero-order valence-corrected chi connectivity index (χ0v) is 15.6. The summed E-state index contributed by atoms with van der Waals surface area (Å²) in [5.41, 5.74) is 0.880. The fourth-order valence-corrected chi connectivity index (χ4v) is 3.86. The van der Waals surface area contributed by atoms with Gasteiger partial charge in [0.05, 0.1) is 12.2 Å². The van der Waals surface area contributed by atoms with Crippen molar-refractivity contribution in [2.24, 2.45) is 0 Å². The third kappa shape index (κ3) is 3.56. The van der Waals surface area contributed by atoms with Crippen LogP contribution in [0.4, 0.5) is 5.82 Å². The molecular weight excluding hydrogens is 318 g/mol. The van der Waals surface area contributed by atoms with Gasteiger partial charge in [-0.3, -0.25) is 19.4 Å². The molecule has 7 nitrogen and oxygen atoms in total. The molecule has 0 unspecified atom stereocenters. The average Bonchev–Trinajstić information content (AvgIpc) is 2.98. The van der Waals surface area contributed by atoms with E-state index in [4.69, 9.17) is 0 Å². The lowest BCUT2D eigenvalue weighted by molar-refractivity contribution is -0.136. The predicted octanol–water partition coefficient (Wildman–Crippen LogP) is 1.26. The van der Waals surface area contributed by atoms with Crippen molar-refractivity contribution >= 4 is 17.6 Å². The molecule has 0 N–H and O–H groups in total. The molecule has 0 aromatic carbocycles. The van der Waals surface area contributed by atoms with Gasteiger partial charge in [-0.1, -0.05) is 13.8 Å². The lowest BCUT2D eigenvalue weighted by Gasteiger charge is -2.39. The minimum Gasteiger partial charge on any atom is -0.338 e. The Morgan fingerprint density at radius 3 is 2.56 bits per heavy atom. The minimum absolute atomic E-state index is 0.0252. The smallest absolute Gasteiger partial charge is 0.245 e. The standard InChI is InChI=1S/C18H29N5O2/c1-4-7-20-9-11-21(12-10-20)18(25)15(5-2)23-16-13-14(3)19-22(16)8-6-17(23)24/h13,15H,4-12H2,1-3H3/t15-/m1/s1. The molecule has 0 spiro atoms. The predicted molar refractivity (Wildman–Crippen MR) is 96.5 cm³/mol. The summed E-state index contributed by atoms with van der Waals surface area (Å²) in [7, 11) is 0. The Morgan fingerprint density at radius 2 is 1.92 bits per heavy atom. The summed E-state index contributed by atoms with van der Waals surface area (Å²) in [5, 5.41) is 4.45.